The van der Waals surface area contributed by atoms with Crippen LogP contribution in [0, 0.1) is 5.41 Å². The first-order valence-corrected chi connectivity index (χ1v) is 5.25. The monoisotopic (exact) mass is 201 g/mol. The summed E-state index contributed by atoms with van der Waals surface area (Å²) in [7, 11) is 0. The van der Waals surface area contributed by atoms with Gasteiger partial charge in [-0.3, -0.25) is 4.98 Å². The summed E-state index contributed by atoms with van der Waals surface area (Å²) in [6.45, 7) is 8.75. The highest BCUT2D eigenvalue weighted by atomic mass is 14.6. The molecule has 1 aromatic carbocycles. The lowest BCUT2D eigenvalue weighted by molar-refractivity contribution is 0.469. The molecule has 0 saturated carbocycles. The van der Waals surface area contributed by atoms with Crippen molar-refractivity contribution in [3.05, 3.63) is 42.7 Å². The maximum Gasteiger partial charge on any atom is 0.0346 e. The van der Waals surface area contributed by atoms with Crippen LogP contribution in [-0.2, 0) is 0 Å². The summed E-state index contributed by atoms with van der Waals surface area (Å²) in [6.07, 6.45) is 3.68. The third-order valence-electron chi connectivity index (χ3n) is 1.55. The lowest BCUT2D eigenvalue weighted by Crippen LogP contribution is -1.93. The van der Waals surface area contributed by atoms with E-state index < -0.39 is 0 Å². The zero-order chi connectivity index (χ0) is 11.3. The number of hydrogen-bond acceptors (Lipinski definition) is 1. The van der Waals surface area contributed by atoms with E-state index in [0.717, 1.165) is 0 Å². The van der Waals surface area contributed by atoms with Crippen LogP contribution in [-0.4, -0.2) is 4.98 Å². The number of fused-ring (bicyclic) bond motifs is 1. The standard InChI is InChI=1S/C9H7N.C5H12/c1-2-4-9-7-10-6-5-8(9)3-1;1-5(2,3)4/h1-7H;1-4H3. The number of hydrogen-bond donors (Lipinski definition) is 0. The quantitative estimate of drug-likeness (QED) is 0.619. The zero-order valence-corrected chi connectivity index (χ0v) is 9.99. The van der Waals surface area contributed by atoms with Gasteiger partial charge in [0.1, 0.15) is 0 Å². The number of nitrogens with zero attached hydrogens (tertiary/aromatic N) is 1. The molecule has 0 radical (unpaired) electrons. The smallest absolute Gasteiger partial charge is 0.0346 e. The largest absolute Gasteiger partial charge is 0.264 e. The Morgan fingerprint density at radius 1 is 0.867 bits per heavy atom. The summed E-state index contributed by atoms with van der Waals surface area (Å²) in [5.74, 6) is 0. The van der Waals surface area contributed by atoms with E-state index >= 15 is 0 Å². The fourth-order valence-electron chi connectivity index (χ4n) is 1.03. The van der Waals surface area contributed by atoms with Crippen molar-refractivity contribution in [3.63, 3.8) is 0 Å². The average molecular weight is 201 g/mol. The van der Waals surface area contributed by atoms with Crippen molar-refractivity contribution in [2.75, 3.05) is 0 Å². The lowest BCUT2D eigenvalue weighted by Gasteiger charge is -2.05. The Hall–Kier alpha value is -1.37. The fourth-order valence-corrected chi connectivity index (χ4v) is 1.03. The molecule has 2 rings (SSSR count). The molecule has 1 aromatic heterocycles. The van der Waals surface area contributed by atoms with Gasteiger partial charge in [0.2, 0.25) is 0 Å². The molecule has 0 atom stereocenters. The molecule has 0 N–H and O–H groups in total. The van der Waals surface area contributed by atoms with Gasteiger partial charge in [-0.2, -0.15) is 0 Å². The van der Waals surface area contributed by atoms with E-state index in [0.29, 0.717) is 5.41 Å². The maximum absolute atomic E-state index is 4.01. The topological polar surface area (TPSA) is 12.9 Å². The Balaban J connectivity index is 0.000000195. The molecule has 0 aliphatic carbocycles. The van der Waals surface area contributed by atoms with Crippen molar-refractivity contribution < 1.29 is 0 Å². The fraction of sp³-hybridized carbons (Fsp3) is 0.357. The second kappa shape index (κ2) is 4.92. The van der Waals surface area contributed by atoms with Crippen LogP contribution in [0.3, 0.4) is 0 Å². The molecule has 0 aliphatic heterocycles. The van der Waals surface area contributed by atoms with Crippen LogP contribution in [0.5, 0.6) is 0 Å². The number of aromatic nitrogens is 1. The van der Waals surface area contributed by atoms with Gasteiger partial charge in [-0.15, -0.1) is 0 Å². The van der Waals surface area contributed by atoms with Gasteiger partial charge >= 0.3 is 0 Å². The molecule has 1 heterocycles. The Kier molecular flexibility index (Phi) is 3.84. The van der Waals surface area contributed by atoms with Crippen LogP contribution in [0.25, 0.3) is 10.8 Å². The molecule has 0 saturated heterocycles. The first-order chi connectivity index (χ1) is 6.97. The van der Waals surface area contributed by atoms with Crippen LogP contribution >= 0.6 is 0 Å². The summed E-state index contributed by atoms with van der Waals surface area (Å²) < 4.78 is 0. The van der Waals surface area contributed by atoms with Crippen molar-refractivity contribution in [3.8, 4) is 0 Å². The Morgan fingerprint density at radius 2 is 1.40 bits per heavy atom. The molecule has 0 spiro atoms. The third-order valence-corrected chi connectivity index (χ3v) is 1.55. The minimum atomic E-state index is 0.500. The second-order valence-electron chi connectivity index (χ2n) is 5.22. The highest BCUT2D eigenvalue weighted by Crippen LogP contribution is 2.09. The molecule has 0 aliphatic rings. The van der Waals surface area contributed by atoms with E-state index in [4.69, 9.17) is 0 Å². The summed E-state index contributed by atoms with van der Waals surface area (Å²) in [5, 5.41) is 2.45. The number of pyridine rings is 1. The zero-order valence-electron chi connectivity index (χ0n) is 9.99. The molecule has 0 unspecified atom stereocenters. The van der Waals surface area contributed by atoms with Crippen LogP contribution in [0.15, 0.2) is 42.7 Å². The van der Waals surface area contributed by atoms with E-state index in [1.54, 1.807) is 0 Å². The SMILES string of the molecule is CC(C)(C)C.c1ccc2cnccc2c1. The Labute approximate surface area is 92.2 Å². The third kappa shape index (κ3) is 5.16. The molecule has 1 nitrogen and oxygen atoms in total. The number of benzene rings is 1. The Morgan fingerprint density at radius 3 is 1.93 bits per heavy atom. The summed E-state index contributed by atoms with van der Waals surface area (Å²) in [4.78, 5) is 4.01. The number of rotatable bonds is 0. The summed E-state index contributed by atoms with van der Waals surface area (Å²) in [6, 6.07) is 10.2. The van der Waals surface area contributed by atoms with Crippen molar-refractivity contribution in [2.24, 2.45) is 5.41 Å². The van der Waals surface area contributed by atoms with E-state index in [9.17, 15) is 0 Å². The van der Waals surface area contributed by atoms with E-state index in [2.05, 4.69) is 44.8 Å². The van der Waals surface area contributed by atoms with Crippen LogP contribution in [0.4, 0.5) is 0 Å². The molecular weight excluding hydrogens is 182 g/mol. The van der Waals surface area contributed by atoms with E-state index in [1.165, 1.54) is 10.8 Å². The highest BCUT2D eigenvalue weighted by molar-refractivity contribution is 5.80. The van der Waals surface area contributed by atoms with Gasteiger partial charge in [-0.1, -0.05) is 52.0 Å². The Bertz CT molecular complexity index is 341. The lowest BCUT2D eigenvalue weighted by atomic mass is 10.0. The predicted octanol–water partition coefficient (Wildman–Crippen LogP) is 4.29. The van der Waals surface area contributed by atoms with Gasteiger partial charge in [0, 0.05) is 12.4 Å². The summed E-state index contributed by atoms with van der Waals surface area (Å²) >= 11 is 0. The van der Waals surface area contributed by atoms with Crippen LogP contribution < -0.4 is 0 Å². The van der Waals surface area contributed by atoms with Crippen molar-refractivity contribution in [1.29, 1.82) is 0 Å². The van der Waals surface area contributed by atoms with Crippen LogP contribution in [0.1, 0.15) is 27.7 Å². The molecular formula is C14H19N. The molecule has 15 heavy (non-hydrogen) atoms. The molecule has 0 fully saturated rings. The van der Waals surface area contributed by atoms with Gasteiger partial charge in [0.25, 0.3) is 0 Å². The minimum Gasteiger partial charge on any atom is -0.264 e. The normalized spacial score (nSPS) is 10.7. The van der Waals surface area contributed by atoms with Gasteiger partial charge in [0.15, 0.2) is 0 Å². The second-order valence-corrected chi connectivity index (χ2v) is 5.22. The van der Waals surface area contributed by atoms with E-state index in [1.807, 2.05) is 30.6 Å². The predicted molar refractivity (Wildman–Crippen MR) is 66.9 cm³/mol. The van der Waals surface area contributed by atoms with Crippen LogP contribution in [0.2, 0.25) is 0 Å². The van der Waals surface area contributed by atoms with Gasteiger partial charge in [0.05, 0.1) is 0 Å². The summed E-state index contributed by atoms with van der Waals surface area (Å²) in [5.41, 5.74) is 0.500. The molecule has 2 aromatic rings. The molecule has 80 valence electrons. The molecule has 0 bridgehead atoms. The van der Waals surface area contributed by atoms with Crippen molar-refractivity contribution >= 4 is 10.8 Å². The minimum absolute atomic E-state index is 0.500. The van der Waals surface area contributed by atoms with Crippen molar-refractivity contribution in [2.45, 2.75) is 27.7 Å². The maximum atomic E-state index is 4.01. The molecule has 1 heteroatoms. The first kappa shape index (κ1) is 11.7. The van der Waals surface area contributed by atoms with Gasteiger partial charge in [-0.25, -0.2) is 0 Å². The van der Waals surface area contributed by atoms with Gasteiger partial charge in [-0.05, 0) is 22.3 Å². The average Bonchev–Trinajstić information content (AvgIpc) is 2.16. The highest BCUT2D eigenvalue weighted by Gasteiger charge is 1.95. The van der Waals surface area contributed by atoms with E-state index in [-0.39, 0.29) is 0 Å². The van der Waals surface area contributed by atoms with Gasteiger partial charge < -0.3 is 0 Å². The van der Waals surface area contributed by atoms with Crippen molar-refractivity contribution in [1.82, 2.24) is 4.98 Å². The molecule has 0 amide bonds. The first-order valence-electron chi connectivity index (χ1n) is 5.25.